The van der Waals surface area contributed by atoms with E-state index in [9.17, 15) is 9.50 Å². The normalized spacial score (nSPS) is 12.5. The maximum Gasteiger partial charge on any atom is 0.127 e. The van der Waals surface area contributed by atoms with Gasteiger partial charge >= 0.3 is 0 Å². The predicted octanol–water partition coefficient (Wildman–Crippen LogP) is 4.54. The molecule has 0 fully saturated rings. The summed E-state index contributed by atoms with van der Waals surface area (Å²) in [5, 5.41) is 10.6. The Balaban J connectivity index is 2.18. The summed E-state index contributed by atoms with van der Waals surface area (Å²) >= 11 is 5.99. The highest BCUT2D eigenvalue weighted by atomic mass is 35.5. The molecule has 2 aromatic rings. The number of ether oxygens (including phenoxy) is 1. The van der Waals surface area contributed by atoms with Crippen molar-refractivity contribution in [1.82, 2.24) is 0 Å². The van der Waals surface area contributed by atoms with Crippen molar-refractivity contribution in [1.29, 1.82) is 0 Å². The first kappa shape index (κ1) is 15.8. The lowest BCUT2D eigenvalue weighted by Crippen LogP contribution is -2.07. The zero-order valence-electron chi connectivity index (χ0n) is 12.0. The number of halogens is 2. The number of benzene rings is 2. The van der Waals surface area contributed by atoms with Crippen molar-refractivity contribution < 1.29 is 14.2 Å². The molecule has 0 saturated carbocycles. The quantitative estimate of drug-likeness (QED) is 0.878. The summed E-state index contributed by atoms with van der Waals surface area (Å²) in [5.74, 6) is 0.275. The van der Waals surface area contributed by atoms with Crippen molar-refractivity contribution in [3.05, 3.63) is 64.4 Å². The highest BCUT2D eigenvalue weighted by Gasteiger charge is 2.15. The minimum Gasteiger partial charge on any atom is -0.491 e. The SMILES string of the molecule is CC(C)Oc1cccc(C(O)Cc2c(F)cccc2Cl)c1. The van der Waals surface area contributed by atoms with Crippen LogP contribution in [0.3, 0.4) is 0 Å². The maximum atomic E-state index is 13.8. The van der Waals surface area contributed by atoms with Crippen LogP contribution in [-0.2, 0) is 6.42 Å². The molecular formula is C17H18ClFO2. The van der Waals surface area contributed by atoms with Gasteiger partial charge in [0.1, 0.15) is 11.6 Å². The molecule has 0 aliphatic rings. The van der Waals surface area contributed by atoms with Crippen LogP contribution >= 0.6 is 11.6 Å². The monoisotopic (exact) mass is 308 g/mol. The number of aliphatic hydroxyl groups is 1. The van der Waals surface area contributed by atoms with Crippen LogP contribution in [0.4, 0.5) is 4.39 Å². The van der Waals surface area contributed by atoms with E-state index >= 15 is 0 Å². The first-order valence-electron chi connectivity index (χ1n) is 6.85. The summed E-state index contributed by atoms with van der Waals surface area (Å²) in [6, 6.07) is 11.7. The Kier molecular flexibility index (Phi) is 5.21. The van der Waals surface area contributed by atoms with Gasteiger partial charge in [0, 0.05) is 17.0 Å². The Morgan fingerprint density at radius 1 is 1.19 bits per heavy atom. The standard InChI is InChI=1S/C17H18ClFO2/c1-11(2)21-13-6-3-5-12(9-13)17(20)10-14-15(18)7-4-8-16(14)19/h3-9,11,17,20H,10H2,1-2H3. The van der Waals surface area contributed by atoms with Crippen LogP contribution in [0, 0.1) is 5.82 Å². The van der Waals surface area contributed by atoms with Gasteiger partial charge in [-0.05, 0) is 43.7 Å². The summed E-state index contributed by atoms with van der Waals surface area (Å²) in [6.07, 6.45) is -0.662. The number of hydrogen-bond donors (Lipinski definition) is 1. The van der Waals surface area contributed by atoms with Crippen molar-refractivity contribution in [3.8, 4) is 5.75 Å². The fraction of sp³-hybridized carbons (Fsp3) is 0.294. The molecule has 0 aliphatic heterocycles. The van der Waals surface area contributed by atoms with Crippen LogP contribution < -0.4 is 4.74 Å². The highest BCUT2D eigenvalue weighted by molar-refractivity contribution is 6.31. The largest absolute Gasteiger partial charge is 0.491 e. The van der Waals surface area contributed by atoms with Gasteiger partial charge in [0.05, 0.1) is 12.2 Å². The fourth-order valence-electron chi connectivity index (χ4n) is 2.11. The third-order valence-corrected chi connectivity index (χ3v) is 3.43. The van der Waals surface area contributed by atoms with Crippen molar-refractivity contribution in [2.45, 2.75) is 32.5 Å². The molecule has 0 saturated heterocycles. The zero-order chi connectivity index (χ0) is 15.4. The predicted molar refractivity (Wildman–Crippen MR) is 82.3 cm³/mol. The molecule has 1 unspecified atom stereocenters. The molecule has 2 aromatic carbocycles. The van der Waals surface area contributed by atoms with Crippen molar-refractivity contribution in [3.63, 3.8) is 0 Å². The summed E-state index contributed by atoms with van der Waals surface area (Å²) in [4.78, 5) is 0. The lowest BCUT2D eigenvalue weighted by atomic mass is 10.0. The van der Waals surface area contributed by atoms with Crippen molar-refractivity contribution in [2.75, 3.05) is 0 Å². The van der Waals surface area contributed by atoms with Crippen LogP contribution in [0.15, 0.2) is 42.5 Å². The Bertz CT molecular complexity index is 593. The number of hydrogen-bond acceptors (Lipinski definition) is 2. The van der Waals surface area contributed by atoms with E-state index < -0.39 is 11.9 Å². The molecule has 112 valence electrons. The van der Waals surface area contributed by atoms with Crippen LogP contribution in [0.5, 0.6) is 5.75 Å². The highest BCUT2D eigenvalue weighted by Crippen LogP contribution is 2.27. The molecule has 0 bridgehead atoms. The second-order valence-electron chi connectivity index (χ2n) is 5.16. The zero-order valence-corrected chi connectivity index (χ0v) is 12.8. The Labute approximate surface area is 129 Å². The van der Waals surface area contributed by atoms with Gasteiger partial charge in [-0.2, -0.15) is 0 Å². The van der Waals surface area contributed by atoms with E-state index in [-0.39, 0.29) is 12.5 Å². The lowest BCUT2D eigenvalue weighted by Gasteiger charge is -2.15. The minimum absolute atomic E-state index is 0.0541. The number of rotatable bonds is 5. The van der Waals surface area contributed by atoms with Crippen LogP contribution in [0.25, 0.3) is 0 Å². The van der Waals surface area contributed by atoms with Gasteiger partial charge in [0.25, 0.3) is 0 Å². The van der Waals surface area contributed by atoms with E-state index in [1.165, 1.54) is 6.07 Å². The van der Waals surface area contributed by atoms with Crippen LogP contribution in [0.2, 0.25) is 5.02 Å². The van der Waals surface area contributed by atoms with E-state index in [0.717, 1.165) is 0 Å². The first-order chi connectivity index (χ1) is 9.97. The van der Waals surface area contributed by atoms with Gasteiger partial charge in [-0.1, -0.05) is 29.8 Å². The third-order valence-electron chi connectivity index (χ3n) is 3.07. The molecule has 0 aliphatic carbocycles. The van der Waals surface area contributed by atoms with Crippen molar-refractivity contribution in [2.24, 2.45) is 0 Å². The molecule has 0 heterocycles. The maximum absolute atomic E-state index is 13.8. The molecule has 4 heteroatoms. The average molecular weight is 309 g/mol. The molecular weight excluding hydrogens is 291 g/mol. The second-order valence-corrected chi connectivity index (χ2v) is 5.57. The topological polar surface area (TPSA) is 29.5 Å². The summed E-state index contributed by atoms with van der Waals surface area (Å²) in [5.41, 5.74) is 0.995. The fourth-order valence-corrected chi connectivity index (χ4v) is 2.35. The van der Waals surface area contributed by atoms with Crippen LogP contribution in [-0.4, -0.2) is 11.2 Å². The summed E-state index contributed by atoms with van der Waals surface area (Å²) < 4.78 is 19.3. The summed E-state index contributed by atoms with van der Waals surface area (Å²) in [7, 11) is 0. The van der Waals surface area contributed by atoms with Gasteiger partial charge in [0.15, 0.2) is 0 Å². The molecule has 21 heavy (non-hydrogen) atoms. The molecule has 0 spiro atoms. The van der Waals surface area contributed by atoms with Gasteiger partial charge < -0.3 is 9.84 Å². The Hall–Kier alpha value is -1.58. The Morgan fingerprint density at radius 2 is 1.90 bits per heavy atom. The molecule has 2 rings (SSSR count). The molecule has 2 nitrogen and oxygen atoms in total. The molecule has 0 radical (unpaired) electrons. The van der Waals surface area contributed by atoms with Gasteiger partial charge in [-0.15, -0.1) is 0 Å². The third kappa shape index (κ3) is 4.19. The summed E-state index contributed by atoms with van der Waals surface area (Å²) in [6.45, 7) is 3.87. The van der Waals surface area contributed by atoms with Crippen molar-refractivity contribution >= 4 is 11.6 Å². The van der Waals surface area contributed by atoms with Gasteiger partial charge in [-0.3, -0.25) is 0 Å². The molecule has 1 atom stereocenters. The van der Waals surface area contributed by atoms with E-state index in [1.807, 2.05) is 19.9 Å². The van der Waals surface area contributed by atoms with Gasteiger partial charge in [0.2, 0.25) is 0 Å². The second kappa shape index (κ2) is 6.92. The van der Waals surface area contributed by atoms with Crippen LogP contribution in [0.1, 0.15) is 31.1 Å². The van der Waals surface area contributed by atoms with E-state index in [4.69, 9.17) is 16.3 Å². The first-order valence-corrected chi connectivity index (χ1v) is 7.22. The Morgan fingerprint density at radius 3 is 2.57 bits per heavy atom. The minimum atomic E-state index is -0.838. The smallest absolute Gasteiger partial charge is 0.127 e. The molecule has 1 N–H and O–H groups in total. The van der Waals surface area contributed by atoms with E-state index in [1.54, 1.807) is 30.3 Å². The lowest BCUT2D eigenvalue weighted by molar-refractivity contribution is 0.176. The van der Waals surface area contributed by atoms with Gasteiger partial charge in [-0.25, -0.2) is 4.39 Å². The molecule has 0 aromatic heterocycles. The number of aliphatic hydroxyl groups excluding tert-OH is 1. The van der Waals surface area contributed by atoms with E-state index in [2.05, 4.69) is 0 Å². The average Bonchev–Trinajstić information content (AvgIpc) is 2.42. The van der Waals surface area contributed by atoms with E-state index in [0.29, 0.717) is 21.9 Å². The molecule has 0 amide bonds.